The third kappa shape index (κ3) is 5.43. The van der Waals surface area contributed by atoms with Crippen LogP contribution in [-0.4, -0.2) is 34.6 Å². The van der Waals surface area contributed by atoms with Gasteiger partial charge >= 0.3 is 0 Å². The van der Waals surface area contributed by atoms with Crippen molar-refractivity contribution in [1.82, 2.24) is 0 Å². The lowest BCUT2D eigenvalue weighted by atomic mass is 9.67. The summed E-state index contributed by atoms with van der Waals surface area (Å²) in [7, 11) is 0. The topological polar surface area (TPSA) is 110 Å². The number of non-ortho nitro benzene ring substituents is 1. The van der Waals surface area contributed by atoms with Gasteiger partial charge in [-0.2, -0.15) is 0 Å². The predicted octanol–water partition coefficient (Wildman–Crippen LogP) is 6.58. The lowest BCUT2D eigenvalue weighted by molar-refractivity contribution is -0.384. The average molecular weight is 563 g/mol. The minimum absolute atomic E-state index is 0.165. The van der Waals surface area contributed by atoms with Gasteiger partial charge < -0.3 is 9.84 Å². The van der Waals surface area contributed by atoms with Crippen molar-refractivity contribution in [3.8, 4) is 5.75 Å². The summed E-state index contributed by atoms with van der Waals surface area (Å²) in [6, 6.07) is 10.0. The predicted molar refractivity (Wildman–Crippen MR) is 152 cm³/mol. The van der Waals surface area contributed by atoms with Crippen LogP contribution in [0.3, 0.4) is 0 Å². The molecule has 2 amide bonds. The molecule has 1 N–H and O–H groups in total. The number of phenolic OH excluding ortho intramolecular Hbond substituents is 1. The quantitative estimate of drug-likeness (QED) is 0.160. The molecule has 2 heterocycles. The van der Waals surface area contributed by atoms with Gasteiger partial charge in [-0.25, -0.2) is 9.29 Å². The molecule has 4 atom stereocenters. The fourth-order valence-corrected chi connectivity index (χ4v) is 6.71. The van der Waals surface area contributed by atoms with E-state index in [1.165, 1.54) is 30.3 Å². The van der Waals surface area contributed by atoms with Gasteiger partial charge in [-0.05, 0) is 60.9 Å². The molecule has 0 unspecified atom stereocenters. The number of amides is 2. The van der Waals surface area contributed by atoms with E-state index in [-0.39, 0.29) is 46.9 Å². The SMILES string of the molecule is CCC/C(=C\c1ccc(O)c(F)c1)CC[C@H]1OC[C@H]2C1=C(C(C)C)C[C@H]1C(=O)N(c3cccc([N+](=O)[O-])c3)C(=O)[C@H]12. The third-order valence-corrected chi connectivity index (χ3v) is 8.58. The van der Waals surface area contributed by atoms with E-state index in [2.05, 4.69) is 20.8 Å². The molecular formula is C32H35FN2O6. The Hall–Kier alpha value is -3.85. The maximum Gasteiger partial charge on any atom is 0.271 e. The Morgan fingerprint density at radius 1 is 1.17 bits per heavy atom. The van der Waals surface area contributed by atoms with Gasteiger partial charge in [0.25, 0.3) is 5.69 Å². The first-order valence-electron chi connectivity index (χ1n) is 14.2. The van der Waals surface area contributed by atoms with E-state index >= 15 is 0 Å². The number of allylic oxidation sites excluding steroid dienone is 2. The lowest BCUT2D eigenvalue weighted by Gasteiger charge is -2.33. The average Bonchev–Trinajstić information content (AvgIpc) is 3.47. The molecule has 41 heavy (non-hydrogen) atoms. The number of hydrogen-bond donors (Lipinski definition) is 1. The summed E-state index contributed by atoms with van der Waals surface area (Å²) >= 11 is 0. The number of benzene rings is 2. The molecule has 0 bridgehead atoms. The standard InChI is InChI=1S/C32H35FN2O6/c1-4-6-19(13-20-9-11-27(36)26(33)14-20)10-12-28-29-23(18(2)3)16-24-30(25(29)17-41-28)32(38)34(31(24)37)21-7-5-8-22(15-21)35(39)40/h5,7-9,11,13-15,18,24-25,28,30,36H,4,6,10,12,16-17H2,1-3H3/b19-13+/t24-,25+,28-,30-/m1/s1. The number of phenols is 1. The van der Waals surface area contributed by atoms with Crippen molar-refractivity contribution in [3.05, 3.63) is 80.7 Å². The minimum atomic E-state index is -0.657. The van der Waals surface area contributed by atoms with E-state index in [9.17, 15) is 29.2 Å². The molecule has 0 saturated carbocycles. The zero-order valence-corrected chi connectivity index (χ0v) is 23.5. The van der Waals surface area contributed by atoms with Crippen LogP contribution >= 0.6 is 0 Å². The summed E-state index contributed by atoms with van der Waals surface area (Å²) in [6.45, 7) is 6.62. The first-order valence-corrected chi connectivity index (χ1v) is 14.2. The smallest absolute Gasteiger partial charge is 0.271 e. The summed E-state index contributed by atoms with van der Waals surface area (Å²) in [6.07, 6.45) is 5.42. The molecule has 2 aliphatic heterocycles. The van der Waals surface area contributed by atoms with Crippen LogP contribution in [-0.2, 0) is 14.3 Å². The molecule has 1 aliphatic carbocycles. The summed E-state index contributed by atoms with van der Waals surface area (Å²) in [4.78, 5) is 39.3. The Kier molecular flexibility index (Phi) is 8.09. The minimum Gasteiger partial charge on any atom is -0.505 e. The van der Waals surface area contributed by atoms with E-state index in [4.69, 9.17) is 4.74 Å². The van der Waals surface area contributed by atoms with Gasteiger partial charge in [0.2, 0.25) is 11.8 Å². The molecule has 5 rings (SSSR count). The molecule has 8 nitrogen and oxygen atoms in total. The molecule has 2 fully saturated rings. The van der Waals surface area contributed by atoms with Gasteiger partial charge in [0.15, 0.2) is 11.6 Å². The van der Waals surface area contributed by atoms with E-state index in [0.29, 0.717) is 25.0 Å². The molecule has 0 radical (unpaired) electrons. The van der Waals surface area contributed by atoms with Gasteiger partial charge in [0.05, 0.1) is 35.2 Å². The molecule has 2 saturated heterocycles. The van der Waals surface area contributed by atoms with E-state index in [0.717, 1.165) is 40.9 Å². The number of ether oxygens (including phenoxy) is 1. The summed E-state index contributed by atoms with van der Waals surface area (Å²) in [5.74, 6) is -2.80. The van der Waals surface area contributed by atoms with Gasteiger partial charge in [-0.3, -0.25) is 19.7 Å². The van der Waals surface area contributed by atoms with Crippen molar-refractivity contribution >= 4 is 29.3 Å². The van der Waals surface area contributed by atoms with Crippen LogP contribution in [0.1, 0.15) is 58.4 Å². The van der Waals surface area contributed by atoms with Crippen LogP contribution in [0.2, 0.25) is 0 Å². The Labute approximate surface area is 238 Å². The van der Waals surface area contributed by atoms with Crippen molar-refractivity contribution in [2.75, 3.05) is 11.5 Å². The highest BCUT2D eigenvalue weighted by atomic mass is 19.1. The maximum atomic E-state index is 13.9. The molecule has 9 heteroatoms. The number of nitrogens with zero attached hydrogens (tertiary/aromatic N) is 2. The van der Waals surface area contributed by atoms with Crippen molar-refractivity contribution in [3.63, 3.8) is 0 Å². The number of fused-ring (bicyclic) bond motifs is 3. The van der Waals surface area contributed by atoms with Crippen LogP contribution in [0, 0.1) is 39.6 Å². The van der Waals surface area contributed by atoms with Crippen molar-refractivity contribution in [2.45, 2.75) is 59.0 Å². The number of nitro groups is 1. The van der Waals surface area contributed by atoms with Crippen LogP contribution in [0.4, 0.5) is 15.8 Å². The molecule has 2 aromatic carbocycles. The molecule has 2 aromatic rings. The second-order valence-electron chi connectivity index (χ2n) is 11.5. The fourth-order valence-electron chi connectivity index (χ4n) is 6.71. The summed E-state index contributed by atoms with van der Waals surface area (Å²) in [5.41, 5.74) is 4.17. The monoisotopic (exact) mass is 562 g/mol. The second kappa shape index (κ2) is 11.6. The zero-order valence-electron chi connectivity index (χ0n) is 23.5. The highest BCUT2D eigenvalue weighted by molar-refractivity contribution is 6.22. The molecule has 3 aliphatic rings. The normalized spacial score (nSPS) is 24.3. The highest BCUT2D eigenvalue weighted by Crippen LogP contribution is 2.52. The fraction of sp³-hybridized carbons (Fsp3) is 0.438. The largest absolute Gasteiger partial charge is 0.505 e. The third-order valence-electron chi connectivity index (χ3n) is 8.58. The number of rotatable bonds is 9. The van der Waals surface area contributed by atoms with Gasteiger partial charge in [-0.15, -0.1) is 0 Å². The van der Waals surface area contributed by atoms with Crippen molar-refractivity contribution in [1.29, 1.82) is 0 Å². The Morgan fingerprint density at radius 3 is 2.63 bits per heavy atom. The van der Waals surface area contributed by atoms with E-state index in [1.54, 1.807) is 12.1 Å². The Balaban J connectivity index is 1.40. The first-order chi connectivity index (χ1) is 19.6. The number of nitro benzene ring substituents is 1. The molecule has 0 aromatic heterocycles. The summed E-state index contributed by atoms with van der Waals surface area (Å²) < 4.78 is 20.2. The number of carbonyl (C=O) groups excluding carboxylic acids is 2. The van der Waals surface area contributed by atoms with Crippen molar-refractivity contribution in [2.24, 2.45) is 23.7 Å². The Morgan fingerprint density at radius 2 is 1.95 bits per heavy atom. The zero-order chi connectivity index (χ0) is 29.4. The first kappa shape index (κ1) is 28.7. The number of anilines is 1. The number of hydrogen-bond acceptors (Lipinski definition) is 6. The van der Waals surface area contributed by atoms with Crippen LogP contribution in [0.25, 0.3) is 6.08 Å². The van der Waals surface area contributed by atoms with Gasteiger partial charge in [0, 0.05) is 18.1 Å². The maximum absolute atomic E-state index is 13.9. The van der Waals surface area contributed by atoms with E-state index in [1.807, 2.05) is 6.08 Å². The Bertz CT molecular complexity index is 1450. The number of aromatic hydroxyl groups is 1. The summed E-state index contributed by atoms with van der Waals surface area (Å²) in [5, 5.41) is 20.9. The van der Waals surface area contributed by atoms with Crippen LogP contribution < -0.4 is 4.90 Å². The number of carbonyl (C=O) groups is 2. The molecule has 0 spiro atoms. The van der Waals surface area contributed by atoms with Crippen LogP contribution in [0.15, 0.2) is 59.2 Å². The van der Waals surface area contributed by atoms with Crippen molar-refractivity contribution < 1.29 is 28.7 Å². The number of halogens is 1. The molecule has 216 valence electrons. The van der Waals surface area contributed by atoms with Crippen LogP contribution in [0.5, 0.6) is 5.75 Å². The molecular weight excluding hydrogens is 527 g/mol. The number of imide groups is 1. The lowest BCUT2D eigenvalue weighted by Crippen LogP contribution is -2.35. The second-order valence-corrected chi connectivity index (χ2v) is 11.5. The van der Waals surface area contributed by atoms with Gasteiger partial charge in [-0.1, -0.05) is 56.5 Å². The van der Waals surface area contributed by atoms with E-state index < -0.39 is 22.6 Å². The van der Waals surface area contributed by atoms with Gasteiger partial charge in [0.1, 0.15) is 0 Å². The highest BCUT2D eigenvalue weighted by Gasteiger charge is 2.57.